The Labute approximate surface area is 120 Å². The molecule has 4 nitrogen and oxygen atoms in total. The van der Waals surface area contributed by atoms with E-state index in [9.17, 15) is 4.79 Å². The van der Waals surface area contributed by atoms with E-state index in [1.807, 2.05) is 18.2 Å². The fraction of sp³-hybridized carbons (Fsp3) is 0.133. The van der Waals surface area contributed by atoms with Crippen LogP contribution in [0.1, 0.15) is 15.9 Å². The first-order valence-electron chi connectivity index (χ1n) is 6.10. The van der Waals surface area contributed by atoms with E-state index in [0.717, 1.165) is 17.7 Å². The number of carbonyl (C=O) groups is 1. The highest BCUT2D eigenvalue weighted by atomic mass is 35.5. The molecule has 5 heteroatoms. The zero-order chi connectivity index (χ0) is 14.1. The van der Waals surface area contributed by atoms with Crippen LogP contribution in [0.25, 0.3) is 0 Å². The Morgan fingerprint density at radius 2 is 2.15 bits per heavy atom. The van der Waals surface area contributed by atoms with E-state index in [4.69, 9.17) is 26.2 Å². The van der Waals surface area contributed by atoms with Crippen molar-refractivity contribution in [3.63, 3.8) is 0 Å². The molecule has 102 valence electrons. The van der Waals surface area contributed by atoms with Crippen LogP contribution in [0.4, 0.5) is 0 Å². The molecule has 1 N–H and O–H groups in total. The molecule has 20 heavy (non-hydrogen) atoms. The maximum atomic E-state index is 10.9. The largest absolute Gasteiger partial charge is 0.489 e. The van der Waals surface area contributed by atoms with Gasteiger partial charge in [-0.15, -0.1) is 0 Å². The quantitative estimate of drug-likeness (QED) is 0.935. The summed E-state index contributed by atoms with van der Waals surface area (Å²) in [6.07, 6.45) is 0.866. The summed E-state index contributed by atoms with van der Waals surface area (Å²) in [5, 5.41) is 9.07. The molecule has 0 fully saturated rings. The van der Waals surface area contributed by atoms with Gasteiger partial charge in [0.1, 0.15) is 5.75 Å². The van der Waals surface area contributed by atoms with Crippen molar-refractivity contribution in [1.29, 1.82) is 0 Å². The van der Waals surface area contributed by atoms with Crippen molar-refractivity contribution in [3.8, 4) is 17.2 Å². The molecule has 0 atom stereocenters. The van der Waals surface area contributed by atoms with Gasteiger partial charge in [-0.05, 0) is 18.2 Å². The number of carboxylic acids is 1. The second kappa shape index (κ2) is 5.06. The summed E-state index contributed by atoms with van der Waals surface area (Å²) in [6, 6.07) is 10.2. The Kier molecular flexibility index (Phi) is 3.24. The van der Waals surface area contributed by atoms with Gasteiger partial charge in [0.25, 0.3) is 0 Å². The molecular formula is C15H11ClO4. The molecule has 0 bridgehead atoms. The highest BCUT2D eigenvalue weighted by Crippen LogP contribution is 2.38. The molecule has 2 aromatic carbocycles. The van der Waals surface area contributed by atoms with Crippen molar-refractivity contribution < 1.29 is 19.4 Å². The second-order valence-corrected chi connectivity index (χ2v) is 4.80. The van der Waals surface area contributed by atoms with Gasteiger partial charge in [0, 0.05) is 18.1 Å². The van der Waals surface area contributed by atoms with Crippen molar-refractivity contribution in [2.24, 2.45) is 0 Å². The molecule has 2 aromatic rings. The van der Waals surface area contributed by atoms with Crippen molar-refractivity contribution in [3.05, 3.63) is 52.5 Å². The van der Waals surface area contributed by atoms with Gasteiger partial charge in [0.15, 0.2) is 11.5 Å². The fourth-order valence-electron chi connectivity index (χ4n) is 2.13. The molecule has 0 spiro atoms. The van der Waals surface area contributed by atoms with Crippen LogP contribution in [0.15, 0.2) is 36.4 Å². The number of hydrogen-bond donors (Lipinski definition) is 1. The molecule has 1 aliphatic heterocycles. The molecule has 0 radical (unpaired) electrons. The molecule has 0 saturated heterocycles. The third kappa shape index (κ3) is 2.30. The topological polar surface area (TPSA) is 55.8 Å². The molecule has 0 amide bonds. The van der Waals surface area contributed by atoms with Gasteiger partial charge >= 0.3 is 5.97 Å². The molecule has 1 heterocycles. The number of benzene rings is 2. The van der Waals surface area contributed by atoms with Crippen LogP contribution in [0.3, 0.4) is 0 Å². The zero-order valence-corrected chi connectivity index (χ0v) is 11.2. The summed E-state index contributed by atoms with van der Waals surface area (Å²) < 4.78 is 11.3. The molecule has 0 unspecified atom stereocenters. The summed E-state index contributed by atoms with van der Waals surface area (Å²) in [7, 11) is 0. The first-order chi connectivity index (χ1) is 9.65. The lowest BCUT2D eigenvalue weighted by molar-refractivity contribution is 0.0697. The lowest BCUT2D eigenvalue weighted by atomic mass is 10.1. The van der Waals surface area contributed by atoms with Crippen molar-refractivity contribution in [1.82, 2.24) is 0 Å². The van der Waals surface area contributed by atoms with E-state index in [0.29, 0.717) is 18.1 Å². The summed E-state index contributed by atoms with van der Waals surface area (Å²) in [5.41, 5.74) is 1.16. The number of carboxylic acid groups (broad SMARTS) is 1. The van der Waals surface area contributed by atoms with Crippen molar-refractivity contribution in [2.45, 2.75) is 6.42 Å². The Morgan fingerprint density at radius 1 is 1.30 bits per heavy atom. The van der Waals surface area contributed by atoms with Crippen LogP contribution in [0.5, 0.6) is 17.2 Å². The lowest BCUT2D eigenvalue weighted by Crippen LogP contribution is -1.97. The van der Waals surface area contributed by atoms with Gasteiger partial charge in [-0.3, -0.25) is 0 Å². The molecule has 0 saturated carbocycles. The normalized spacial score (nSPS) is 12.7. The standard InChI is InChI=1S/C15H11ClO4/c16-12-8-10(4-5-11(12)15(17)18)20-13-3-1-2-9-6-7-19-14(9)13/h1-5,8H,6-7H2,(H,17,18). The zero-order valence-electron chi connectivity index (χ0n) is 10.4. The van der Waals surface area contributed by atoms with Crippen LogP contribution in [-0.4, -0.2) is 17.7 Å². The minimum absolute atomic E-state index is 0.0496. The number of aromatic carboxylic acids is 1. The predicted molar refractivity (Wildman–Crippen MR) is 74.1 cm³/mol. The van der Waals surface area contributed by atoms with Crippen molar-refractivity contribution >= 4 is 17.6 Å². The van der Waals surface area contributed by atoms with Crippen LogP contribution in [-0.2, 0) is 6.42 Å². The highest BCUT2D eigenvalue weighted by Gasteiger charge is 2.18. The van der Waals surface area contributed by atoms with Gasteiger partial charge in [-0.25, -0.2) is 4.79 Å². The number of para-hydroxylation sites is 1. The molecule has 3 rings (SSSR count). The summed E-state index contributed by atoms with van der Waals surface area (Å²) in [5.74, 6) is 0.763. The maximum Gasteiger partial charge on any atom is 0.337 e. The monoisotopic (exact) mass is 290 g/mol. The van der Waals surface area contributed by atoms with Gasteiger partial charge in [0.2, 0.25) is 0 Å². The Hall–Kier alpha value is -2.20. The Balaban J connectivity index is 1.91. The molecule has 0 aromatic heterocycles. The number of ether oxygens (including phenoxy) is 2. The number of hydrogen-bond acceptors (Lipinski definition) is 3. The predicted octanol–water partition coefficient (Wildman–Crippen LogP) is 3.77. The molecule has 0 aliphatic carbocycles. The third-order valence-corrected chi connectivity index (χ3v) is 3.39. The number of halogens is 1. The number of rotatable bonds is 3. The van der Waals surface area contributed by atoms with Crippen LogP contribution >= 0.6 is 11.6 Å². The average Bonchev–Trinajstić information content (AvgIpc) is 2.87. The highest BCUT2D eigenvalue weighted by molar-refractivity contribution is 6.33. The van der Waals surface area contributed by atoms with E-state index < -0.39 is 5.97 Å². The Bertz CT molecular complexity index is 682. The molecular weight excluding hydrogens is 280 g/mol. The van der Waals surface area contributed by atoms with E-state index in [-0.39, 0.29) is 10.6 Å². The van der Waals surface area contributed by atoms with E-state index in [1.54, 1.807) is 6.07 Å². The van der Waals surface area contributed by atoms with E-state index in [1.165, 1.54) is 12.1 Å². The van der Waals surface area contributed by atoms with Gasteiger partial charge in [-0.2, -0.15) is 0 Å². The first-order valence-corrected chi connectivity index (χ1v) is 6.48. The summed E-state index contributed by atoms with van der Waals surface area (Å²) in [6.45, 7) is 0.647. The smallest absolute Gasteiger partial charge is 0.337 e. The minimum atomic E-state index is -1.06. The Morgan fingerprint density at radius 3 is 2.90 bits per heavy atom. The van der Waals surface area contributed by atoms with Crippen LogP contribution in [0.2, 0.25) is 5.02 Å². The van der Waals surface area contributed by atoms with Crippen molar-refractivity contribution in [2.75, 3.05) is 6.61 Å². The second-order valence-electron chi connectivity index (χ2n) is 4.39. The SMILES string of the molecule is O=C(O)c1ccc(Oc2cccc3c2OCC3)cc1Cl. The fourth-order valence-corrected chi connectivity index (χ4v) is 2.38. The van der Waals surface area contributed by atoms with E-state index in [2.05, 4.69) is 0 Å². The summed E-state index contributed by atoms with van der Waals surface area (Å²) >= 11 is 5.92. The maximum absolute atomic E-state index is 10.9. The van der Waals surface area contributed by atoms with Gasteiger partial charge in [0.05, 0.1) is 17.2 Å². The minimum Gasteiger partial charge on any atom is -0.489 e. The average molecular weight is 291 g/mol. The van der Waals surface area contributed by atoms with Crippen LogP contribution < -0.4 is 9.47 Å². The first kappa shape index (κ1) is 12.8. The van der Waals surface area contributed by atoms with Gasteiger partial charge < -0.3 is 14.6 Å². The third-order valence-electron chi connectivity index (χ3n) is 3.08. The van der Waals surface area contributed by atoms with Crippen LogP contribution in [0, 0.1) is 0 Å². The molecule has 1 aliphatic rings. The van der Waals surface area contributed by atoms with Gasteiger partial charge in [-0.1, -0.05) is 23.7 Å². The number of fused-ring (bicyclic) bond motifs is 1. The lowest BCUT2D eigenvalue weighted by Gasteiger charge is -2.10. The summed E-state index contributed by atoms with van der Waals surface area (Å²) in [4.78, 5) is 10.9. The van der Waals surface area contributed by atoms with E-state index >= 15 is 0 Å².